The van der Waals surface area contributed by atoms with Crippen molar-refractivity contribution in [2.75, 3.05) is 6.54 Å². The molecule has 0 saturated heterocycles. The molecule has 0 fully saturated rings. The number of nitriles is 1. The topological polar surface area (TPSA) is 52.9 Å². The fraction of sp³-hybridized carbons (Fsp3) is 0.375. The summed E-state index contributed by atoms with van der Waals surface area (Å²) in [5, 5.41) is 12.4. The number of Topliss-reactive ketones (excluding diaryl/α,β-unsaturated/α-hetero) is 1. The van der Waals surface area contributed by atoms with Crippen LogP contribution in [0.4, 0.5) is 0 Å². The molecule has 98 valence electrons. The van der Waals surface area contributed by atoms with E-state index >= 15 is 0 Å². The summed E-state index contributed by atoms with van der Waals surface area (Å²) in [6.45, 7) is 2.87. The summed E-state index contributed by atoms with van der Waals surface area (Å²) in [4.78, 5) is 12.1. The Hall–Kier alpha value is -2.08. The predicted molar refractivity (Wildman–Crippen MR) is 74.4 cm³/mol. The van der Waals surface area contributed by atoms with Gasteiger partial charge in [-0.05, 0) is 24.3 Å². The number of carbonyl (C=O) groups is 1. The highest BCUT2D eigenvalue weighted by Crippen LogP contribution is 2.33. The van der Waals surface area contributed by atoms with Crippen molar-refractivity contribution in [3.8, 4) is 6.07 Å². The van der Waals surface area contributed by atoms with E-state index in [1.165, 1.54) is 5.56 Å². The quantitative estimate of drug-likeness (QED) is 0.898. The molecule has 2 rings (SSSR count). The van der Waals surface area contributed by atoms with Gasteiger partial charge in [-0.15, -0.1) is 0 Å². The lowest BCUT2D eigenvalue weighted by molar-refractivity contribution is -0.116. The minimum Gasteiger partial charge on any atom is -0.387 e. The molecule has 0 aliphatic heterocycles. The van der Waals surface area contributed by atoms with Gasteiger partial charge in [0.2, 0.25) is 0 Å². The highest BCUT2D eigenvalue weighted by molar-refractivity contribution is 6.01. The highest BCUT2D eigenvalue weighted by Gasteiger charge is 2.28. The maximum Gasteiger partial charge on any atom is 0.175 e. The van der Waals surface area contributed by atoms with Crippen LogP contribution in [-0.4, -0.2) is 12.3 Å². The van der Waals surface area contributed by atoms with E-state index < -0.39 is 0 Å². The molecule has 0 radical (unpaired) electrons. The van der Waals surface area contributed by atoms with Gasteiger partial charge in [-0.25, -0.2) is 0 Å². The van der Waals surface area contributed by atoms with Crippen molar-refractivity contribution in [3.05, 3.63) is 47.2 Å². The van der Waals surface area contributed by atoms with Gasteiger partial charge in [-0.1, -0.05) is 37.3 Å². The van der Waals surface area contributed by atoms with Gasteiger partial charge in [0.15, 0.2) is 5.78 Å². The lowest BCUT2D eigenvalue weighted by Crippen LogP contribution is -2.26. The van der Waals surface area contributed by atoms with Crippen molar-refractivity contribution >= 4 is 5.78 Å². The first-order chi connectivity index (χ1) is 9.26. The molecule has 1 aliphatic rings. The maximum atomic E-state index is 12.1. The van der Waals surface area contributed by atoms with Crippen LogP contribution in [0.2, 0.25) is 0 Å². The number of hydrogen-bond acceptors (Lipinski definition) is 3. The van der Waals surface area contributed by atoms with Gasteiger partial charge in [0.1, 0.15) is 11.6 Å². The predicted octanol–water partition coefficient (Wildman–Crippen LogP) is 2.91. The monoisotopic (exact) mass is 254 g/mol. The fourth-order valence-corrected chi connectivity index (χ4v) is 2.44. The minimum atomic E-state index is -0.0405. The van der Waals surface area contributed by atoms with Crippen LogP contribution in [0.5, 0.6) is 0 Å². The van der Waals surface area contributed by atoms with E-state index in [1.807, 2.05) is 30.3 Å². The lowest BCUT2D eigenvalue weighted by Gasteiger charge is -2.25. The van der Waals surface area contributed by atoms with E-state index in [1.54, 1.807) is 0 Å². The number of nitrogens with one attached hydrogen (secondary N) is 1. The van der Waals surface area contributed by atoms with Crippen LogP contribution in [-0.2, 0) is 4.79 Å². The summed E-state index contributed by atoms with van der Waals surface area (Å²) in [6, 6.07) is 12.1. The molecule has 1 unspecified atom stereocenters. The summed E-state index contributed by atoms with van der Waals surface area (Å²) >= 11 is 0. The van der Waals surface area contributed by atoms with Crippen LogP contribution in [0.3, 0.4) is 0 Å². The Bertz CT molecular complexity index is 525. The number of allylic oxidation sites excluding steroid dienone is 2. The second-order valence-electron chi connectivity index (χ2n) is 4.83. The molecule has 1 atom stereocenters. The molecule has 19 heavy (non-hydrogen) atoms. The largest absolute Gasteiger partial charge is 0.387 e. The molecule has 0 bridgehead atoms. The molecule has 0 heterocycles. The van der Waals surface area contributed by atoms with Gasteiger partial charge in [0.05, 0.1) is 0 Å². The summed E-state index contributed by atoms with van der Waals surface area (Å²) in [5.74, 6) is 0.145. The molecule has 0 saturated carbocycles. The van der Waals surface area contributed by atoms with E-state index in [9.17, 15) is 4.79 Å². The number of benzene rings is 1. The minimum absolute atomic E-state index is 0.0405. The van der Waals surface area contributed by atoms with Gasteiger partial charge in [-0.2, -0.15) is 5.26 Å². The van der Waals surface area contributed by atoms with E-state index in [-0.39, 0.29) is 11.7 Å². The van der Waals surface area contributed by atoms with Gasteiger partial charge < -0.3 is 5.32 Å². The van der Waals surface area contributed by atoms with Crippen molar-refractivity contribution in [2.45, 2.75) is 32.1 Å². The smallest absolute Gasteiger partial charge is 0.175 e. The molecule has 1 aromatic carbocycles. The van der Waals surface area contributed by atoms with Crippen molar-refractivity contribution < 1.29 is 4.79 Å². The van der Waals surface area contributed by atoms with Crippen LogP contribution < -0.4 is 5.32 Å². The summed E-state index contributed by atoms with van der Waals surface area (Å²) in [5.41, 5.74) is 2.30. The third-order valence-electron chi connectivity index (χ3n) is 3.43. The van der Waals surface area contributed by atoms with Gasteiger partial charge in [-0.3, -0.25) is 4.79 Å². The second kappa shape index (κ2) is 6.19. The van der Waals surface area contributed by atoms with Crippen molar-refractivity contribution in [3.63, 3.8) is 0 Å². The second-order valence-corrected chi connectivity index (χ2v) is 4.83. The molecule has 0 amide bonds. The Balaban J connectivity index is 2.24. The Morgan fingerprint density at radius 2 is 2.05 bits per heavy atom. The van der Waals surface area contributed by atoms with Crippen LogP contribution in [0.25, 0.3) is 0 Å². The molecule has 3 heteroatoms. The average Bonchev–Trinajstić information content (AvgIpc) is 2.45. The standard InChI is InChI=1S/C16H18N2O/c1-2-8-18-15-9-13(10-16(19)14(15)11-17)12-6-4-3-5-7-12/h3-7,13,18H,2,8-10H2,1H3. The Morgan fingerprint density at radius 3 is 2.68 bits per heavy atom. The Kier molecular flexibility index (Phi) is 4.35. The van der Waals surface area contributed by atoms with Crippen molar-refractivity contribution in [1.82, 2.24) is 5.32 Å². The molecule has 0 aromatic heterocycles. The zero-order valence-corrected chi connectivity index (χ0v) is 11.1. The molecular weight excluding hydrogens is 236 g/mol. The number of nitrogens with zero attached hydrogens (tertiary/aromatic N) is 1. The molecule has 1 N–H and O–H groups in total. The number of hydrogen-bond donors (Lipinski definition) is 1. The third-order valence-corrected chi connectivity index (χ3v) is 3.43. The van der Waals surface area contributed by atoms with Crippen LogP contribution in [0.1, 0.15) is 37.7 Å². The number of carbonyl (C=O) groups excluding carboxylic acids is 1. The molecule has 0 spiro atoms. The lowest BCUT2D eigenvalue weighted by atomic mass is 9.82. The zero-order valence-electron chi connectivity index (χ0n) is 11.1. The van der Waals surface area contributed by atoms with Gasteiger partial charge in [0.25, 0.3) is 0 Å². The molecule has 3 nitrogen and oxygen atoms in total. The first-order valence-corrected chi connectivity index (χ1v) is 6.71. The normalized spacial score (nSPS) is 19.2. The SMILES string of the molecule is CCCNC1=C(C#N)C(=O)CC(c2ccccc2)C1. The molecular formula is C16H18N2O. The fourth-order valence-electron chi connectivity index (χ4n) is 2.44. The van der Waals surface area contributed by atoms with Gasteiger partial charge in [0, 0.05) is 18.7 Å². The van der Waals surface area contributed by atoms with E-state index in [2.05, 4.69) is 18.3 Å². The van der Waals surface area contributed by atoms with E-state index in [0.717, 1.165) is 25.1 Å². The van der Waals surface area contributed by atoms with Crippen LogP contribution in [0, 0.1) is 11.3 Å². The van der Waals surface area contributed by atoms with Crippen LogP contribution in [0.15, 0.2) is 41.6 Å². The first-order valence-electron chi connectivity index (χ1n) is 6.71. The highest BCUT2D eigenvalue weighted by atomic mass is 16.1. The van der Waals surface area contributed by atoms with Crippen molar-refractivity contribution in [1.29, 1.82) is 5.26 Å². The summed E-state index contributed by atoms with van der Waals surface area (Å²) in [6.07, 6.45) is 2.16. The van der Waals surface area contributed by atoms with E-state index in [4.69, 9.17) is 5.26 Å². The number of ketones is 1. The Morgan fingerprint density at radius 1 is 1.32 bits per heavy atom. The summed E-state index contributed by atoms with van der Waals surface area (Å²) in [7, 11) is 0. The maximum absolute atomic E-state index is 12.1. The zero-order chi connectivity index (χ0) is 13.7. The molecule has 1 aliphatic carbocycles. The Labute approximate surface area is 113 Å². The average molecular weight is 254 g/mol. The third kappa shape index (κ3) is 3.03. The first kappa shape index (κ1) is 13.4. The summed E-state index contributed by atoms with van der Waals surface area (Å²) < 4.78 is 0. The van der Waals surface area contributed by atoms with E-state index in [0.29, 0.717) is 12.0 Å². The van der Waals surface area contributed by atoms with Crippen molar-refractivity contribution in [2.24, 2.45) is 0 Å². The van der Waals surface area contributed by atoms with Gasteiger partial charge >= 0.3 is 0 Å². The van der Waals surface area contributed by atoms with Crippen LogP contribution >= 0.6 is 0 Å². The molecule has 1 aromatic rings. The number of rotatable bonds is 4.